The Morgan fingerprint density at radius 3 is 2.41 bits per heavy atom. The van der Waals surface area contributed by atoms with Crippen LogP contribution in [-0.4, -0.2) is 54.0 Å². The van der Waals surface area contributed by atoms with E-state index in [9.17, 15) is 14.4 Å². The molecule has 2 amide bonds. The van der Waals surface area contributed by atoms with E-state index in [4.69, 9.17) is 24.5 Å². The quantitative estimate of drug-likeness (QED) is 0.160. The molecule has 0 saturated heterocycles. The smallest absolute Gasteiger partial charge is 0.412 e. The number of anilines is 1. The molecule has 34 heavy (non-hydrogen) atoms. The zero-order valence-corrected chi connectivity index (χ0v) is 18.9. The summed E-state index contributed by atoms with van der Waals surface area (Å²) in [7, 11) is 0. The van der Waals surface area contributed by atoms with E-state index in [1.165, 1.54) is 18.5 Å². The number of rotatable bonds is 12. The Morgan fingerprint density at radius 2 is 1.79 bits per heavy atom. The van der Waals surface area contributed by atoms with Crippen molar-refractivity contribution >= 4 is 23.5 Å². The predicted molar refractivity (Wildman–Crippen MR) is 123 cm³/mol. The minimum Gasteiger partial charge on any atom is -0.491 e. The Bertz CT molecular complexity index is 991. The van der Waals surface area contributed by atoms with Crippen molar-refractivity contribution in [1.82, 2.24) is 5.48 Å². The molecule has 2 aromatic rings. The number of hydroxylamine groups is 1. The molecule has 10 heteroatoms. The molecule has 2 aromatic carbocycles. The summed E-state index contributed by atoms with van der Waals surface area (Å²) in [6, 6.07) is 13.0. The van der Waals surface area contributed by atoms with Crippen molar-refractivity contribution in [1.29, 1.82) is 0 Å². The first kappa shape index (κ1) is 26.5. The lowest BCUT2D eigenvalue weighted by atomic mass is 10.0. The molecule has 2 rings (SSSR count). The SMILES string of the molecule is CCO[C@H](/C=C/C(=O)NO)[C@H](OC(=O)Nc1ccc(C(C)=O)cc1)c1ccccc1OCCO. The van der Waals surface area contributed by atoms with Crippen molar-refractivity contribution < 1.29 is 38.9 Å². The van der Waals surface area contributed by atoms with E-state index in [1.54, 1.807) is 55.5 Å². The molecule has 0 fully saturated rings. The zero-order valence-electron chi connectivity index (χ0n) is 18.9. The minimum atomic E-state index is -1.06. The van der Waals surface area contributed by atoms with E-state index < -0.39 is 24.2 Å². The lowest BCUT2D eigenvalue weighted by Gasteiger charge is -2.27. The molecule has 0 spiro atoms. The van der Waals surface area contributed by atoms with Crippen molar-refractivity contribution in [2.45, 2.75) is 26.1 Å². The Kier molecular flexibility index (Phi) is 10.7. The maximum atomic E-state index is 12.8. The normalized spacial score (nSPS) is 12.6. The van der Waals surface area contributed by atoms with Gasteiger partial charge in [-0.2, -0.15) is 0 Å². The molecule has 0 heterocycles. The molecule has 10 nitrogen and oxygen atoms in total. The summed E-state index contributed by atoms with van der Waals surface area (Å²) in [5.41, 5.74) is 2.82. The number of nitrogens with one attached hydrogen (secondary N) is 2. The highest BCUT2D eigenvalue weighted by atomic mass is 16.6. The molecule has 0 aliphatic rings. The number of ketones is 1. The largest absolute Gasteiger partial charge is 0.491 e. The lowest BCUT2D eigenvalue weighted by molar-refractivity contribution is -0.124. The molecule has 2 atom stereocenters. The van der Waals surface area contributed by atoms with E-state index in [-0.39, 0.29) is 25.6 Å². The zero-order chi connectivity index (χ0) is 24.9. The van der Waals surface area contributed by atoms with Gasteiger partial charge in [0, 0.05) is 29.5 Å². The minimum absolute atomic E-state index is 0.0144. The number of hydrogen-bond donors (Lipinski definition) is 4. The second-order valence-corrected chi connectivity index (χ2v) is 6.95. The van der Waals surface area contributed by atoms with Gasteiger partial charge in [0.05, 0.1) is 6.61 Å². The molecule has 0 aliphatic carbocycles. The molecule has 4 N–H and O–H groups in total. The molecule has 0 aliphatic heterocycles. The van der Waals surface area contributed by atoms with Crippen LogP contribution in [0.1, 0.15) is 35.9 Å². The van der Waals surface area contributed by atoms with E-state index >= 15 is 0 Å². The number of aliphatic hydroxyl groups is 1. The number of carbonyl (C=O) groups is 3. The van der Waals surface area contributed by atoms with Gasteiger partial charge in [-0.15, -0.1) is 0 Å². The Morgan fingerprint density at radius 1 is 1.09 bits per heavy atom. The van der Waals surface area contributed by atoms with E-state index in [2.05, 4.69) is 5.32 Å². The molecular formula is C24H28N2O8. The van der Waals surface area contributed by atoms with Crippen LogP contribution < -0.4 is 15.5 Å². The van der Waals surface area contributed by atoms with Crippen molar-refractivity contribution in [3.05, 3.63) is 71.8 Å². The topological polar surface area (TPSA) is 143 Å². The van der Waals surface area contributed by atoms with E-state index in [0.717, 1.165) is 6.08 Å². The molecule has 0 saturated carbocycles. The number of hydrogen-bond acceptors (Lipinski definition) is 8. The molecule has 182 valence electrons. The first-order valence-electron chi connectivity index (χ1n) is 10.5. The average Bonchev–Trinajstić information content (AvgIpc) is 2.84. The van der Waals surface area contributed by atoms with Gasteiger partial charge in [-0.1, -0.05) is 18.2 Å². The summed E-state index contributed by atoms with van der Waals surface area (Å²) < 4.78 is 17.0. The van der Waals surface area contributed by atoms with Gasteiger partial charge < -0.3 is 19.3 Å². The van der Waals surface area contributed by atoms with E-state index in [0.29, 0.717) is 22.6 Å². The van der Waals surface area contributed by atoms with Gasteiger partial charge in [0.25, 0.3) is 5.91 Å². The third-order valence-corrected chi connectivity index (χ3v) is 4.55. The molecular weight excluding hydrogens is 444 g/mol. The van der Waals surface area contributed by atoms with Crippen LogP contribution in [0.5, 0.6) is 5.75 Å². The van der Waals surface area contributed by atoms with Gasteiger partial charge >= 0.3 is 6.09 Å². The Balaban J connectivity index is 2.35. The first-order chi connectivity index (χ1) is 16.4. The summed E-state index contributed by atoms with van der Waals surface area (Å²) in [4.78, 5) is 35.7. The van der Waals surface area contributed by atoms with Crippen molar-refractivity contribution in [2.24, 2.45) is 0 Å². The standard InChI is InChI=1S/C24H28N2O8/c1-3-32-21(12-13-22(29)26-31)23(19-6-4-5-7-20(19)33-15-14-27)34-24(30)25-18-10-8-17(9-11-18)16(2)28/h4-13,21,23,27,31H,3,14-15H2,1-2H3,(H,25,30)(H,26,29)/b13-12+/t21-,23-/m1/s1. The molecule has 0 aromatic heterocycles. The van der Waals surface area contributed by atoms with Gasteiger partial charge in [-0.05, 0) is 50.3 Å². The summed E-state index contributed by atoms with van der Waals surface area (Å²) in [5, 5.41) is 20.5. The predicted octanol–water partition coefficient (Wildman–Crippen LogP) is 3.02. The summed E-state index contributed by atoms with van der Waals surface area (Å²) in [6.45, 7) is 3.19. The maximum absolute atomic E-state index is 12.8. The fraction of sp³-hybridized carbons (Fsp3) is 0.292. The number of aliphatic hydroxyl groups excluding tert-OH is 1. The maximum Gasteiger partial charge on any atom is 0.412 e. The van der Waals surface area contributed by atoms with Crippen LogP contribution >= 0.6 is 0 Å². The van der Waals surface area contributed by atoms with Gasteiger partial charge in [0.1, 0.15) is 18.5 Å². The highest BCUT2D eigenvalue weighted by Gasteiger charge is 2.29. The van der Waals surface area contributed by atoms with Crippen LogP contribution in [0, 0.1) is 0 Å². The van der Waals surface area contributed by atoms with Crippen molar-refractivity contribution in [3.8, 4) is 5.75 Å². The van der Waals surface area contributed by atoms with Gasteiger partial charge in [0.15, 0.2) is 11.9 Å². The second-order valence-electron chi connectivity index (χ2n) is 6.95. The third-order valence-electron chi connectivity index (χ3n) is 4.55. The summed E-state index contributed by atoms with van der Waals surface area (Å²) >= 11 is 0. The molecule has 0 bridgehead atoms. The number of para-hydroxylation sites is 1. The van der Waals surface area contributed by atoms with Crippen LogP contribution in [0.15, 0.2) is 60.7 Å². The first-order valence-corrected chi connectivity index (χ1v) is 10.5. The number of Topliss-reactive ketones (excluding diaryl/α,β-unsaturated/α-hetero) is 1. The molecule has 0 unspecified atom stereocenters. The fourth-order valence-electron chi connectivity index (χ4n) is 3.02. The highest BCUT2D eigenvalue weighted by Crippen LogP contribution is 2.32. The molecule has 0 radical (unpaired) electrons. The second kappa shape index (κ2) is 13.7. The highest BCUT2D eigenvalue weighted by molar-refractivity contribution is 5.95. The average molecular weight is 472 g/mol. The van der Waals surface area contributed by atoms with Crippen LogP contribution in [0.4, 0.5) is 10.5 Å². The lowest BCUT2D eigenvalue weighted by Crippen LogP contribution is -2.28. The van der Waals surface area contributed by atoms with Gasteiger partial charge in [0.2, 0.25) is 0 Å². The Labute approximate surface area is 197 Å². The Hall–Kier alpha value is -3.73. The van der Waals surface area contributed by atoms with Crippen molar-refractivity contribution in [3.63, 3.8) is 0 Å². The van der Waals surface area contributed by atoms with Crippen LogP contribution in [0.2, 0.25) is 0 Å². The van der Waals surface area contributed by atoms with Crippen LogP contribution in [-0.2, 0) is 14.3 Å². The summed E-state index contributed by atoms with van der Waals surface area (Å²) in [6.07, 6.45) is -0.410. The third kappa shape index (κ3) is 8.00. The van der Waals surface area contributed by atoms with Crippen LogP contribution in [0.25, 0.3) is 0 Å². The van der Waals surface area contributed by atoms with Gasteiger partial charge in [-0.25, -0.2) is 10.3 Å². The number of benzene rings is 2. The van der Waals surface area contributed by atoms with Gasteiger partial charge in [-0.3, -0.25) is 20.1 Å². The summed E-state index contributed by atoms with van der Waals surface area (Å²) in [5.74, 6) is -0.542. The van der Waals surface area contributed by atoms with E-state index in [1.807, 2.05) is 0 Å². The monoisotopic (exact) mass is 472 g/mol. The number of ether oxygens (including phenoxy) is 3. The number of carbonyl (C=O) groups excluding carboxylic acids is 3. The fourth-order valence-corrected chi connectivity index (χ4v) is 3.02. The number of amides is 2. The van der Waals surface area contributed by atoms with Crippen LogP contribution in [0.3, 0.4) is 0 Å². The van der Waals surface area contributed by atoms with Crippen molar-refractivity contribution in [2.75, 3.05) is 25.1 Å².